The van der Waals surface area contributed by atoms with Gasteiger partial charge >= 0.3 is 5.97 Å². The molecule has 7 nitrogen and oxygen atoms in total. The maximum absolute atomic E-state index is 11.6. The van der Waals surface area contributed by atoms with Crippen LogP contribution >= 0.6 is 0 Å². The van der Waals surface area contributed by atoms with Crippen LogP contribution in [0.3, 0.4) is 0 Å². The van der Waals surface area contributed by atoms with E-state index < -0.39 is 28.4 Å². The number of amides is 1. The highest BCUT2D eigenvalue weighted by molar-refractivity contribution is 7.85. The van der Waals surface area contributed by atoms with Crippen LogP contribution < -0.4 is 0 Å². The van der Waals surface area contributed by atoms with Crippen LogP contribution in [0.4, 0.5) is 0 Å². The van der Waals surface area contributed by atoms with Crippen LogP contribution in [0.5, 0.6) is 0 Å². The lowest BCUT2D eigenvalue weighted by atomic mass is 10.3. The zero-order valence-corrected chi connectivity index (χ0v) is 11.2. The van der Waals surface area contributed by atoms with Gasteiger partial charge in [-0.3, -0.25) is 13.9 Å². The van der Waals surface area contributed by atoms with Crippen molar-refractivity contribution in [1.29, 1.82) is 0 Å². The lowest BCUT2D eigenvalue weighted by Crippen LogP contribution is -2.43. The van der Waals surface area contributed by atoms with Crippen LogP contribution in [-0.4, -0.2) is 80.3 Å². The number of carbonyl (C=O) groups is 2. The number of aliphatic hydroxyl groups excluding tert-OH is 1. The van der Waals surface area contributed by atoms with E-state index in [9.17, 15) is 18.9 Å². The minimum atomic E-state index is -1.26. The highest BCUT2D eigenvalue weighted by atomic mass is 32.2. The Balaban J connectivity index is 1.84. The Morgan fingerprint density at radius 2 is 1.89 bits per heavy atom. The van der Waals surface area contributed by atoms with Gasteiger partial charge in [-0.25, -0.2) is 4.79 Å². The number of rotatable bonds is 4. The lowest BCUT2D eigenvalue weighted by molar-refractivity contribution is -0.133. The van der Waals surface area contributed by atoms with Gasteiger partial charge in [0, 0.05) is 48.5 Å². The van der Waals surface area contributed by atoms with Crippen LogP contribution in [0.25, 0.3) is 0 Å². The van der Waals surface area contributed by atoms with Crippen LogP contribution in [0, 0.1) is 0 Å². The lowest BCUT2D eigenvalue weighted by Gasteiger charge is -2.28. The van der Waals surface area contributed by atoms with Crippen LogP contribution in [0.1, 0.15) is 0 Å². The molecule has 0 unspecified atom stereocenters. The number of carbonyl (C=O) groups excluding carboxylic acids is 1. The van der Waals surface area contributed by atoms with Gasteiger partial charge in [0.1, 0.15) is 5.57 Å². The normalized spacial score (nSPS) is 22.3. The molecule has 106 valence electrons. The van der Waals surface area contributed by atoms with E-state index in [1.165, 1.54) is 4.90 Å². The van der Waals surface area contributed by atoms with Crippen molar-refractivity contribution in [3.8, 4) is 0 Å². The molecule has 1 amide bonds. The molecule has 1 saturated heterocycles. The number of hydrogen-bond acceptors (Lipinski definition) is 5. The molecule has 0 aromatic heterocycles. The molecular weight excluding hydrogens is 272 g/mol. The molecule has 2 rings (SSSR count). The Labute approximate surface area is 112 Å². The molecule has 0 aromatic carbocycles. The summed E-state index contributed by atoms with van der Waals surface area (Å²) in [6.45, 7) is 2.36. The Hall–Kier alpha value is -1.41. The molecule has 8 heteroatoms. The van der Waals surface area contributed by atoms with E-state index >= 15 is 0 Å². The second kappa shape index (κ2) is 5.70. The average molecular weight is 288 g/mol. The fourth-order valence-corrected chi connectivity index (χ4v) is 3.26. The monoisotopic (exact) mass is 288 g/mol. The van der Waals surface area contributed by atoms with Crippen LogP contribution in [0.2, 0.25) is 0 Å². The summed E-state index contributed by atoms with van der Waals surface area (Å²) in [5.74, 6) is -1.28. The molecule has 19 heavy (non-hydrogen) atoms. The van der Waals surface area contributed by atoms with Crippen LogP contribution in [0.15, 0.2) is 11.3 Å². The van der Waals surface area contributed by atoms with E-state index in [2.05, 4.69) is 4.90 Å². The highest BCUT2D eigenvalue weighted by Gasteiger charge is 2.33. The molecule has 0 radical (unpaired) electrons. The summed E-state index contributed by atoms with van der Waals surface area (Å²) in [6, 6.07) is 0. The third-order valence-corrected chi connectivity index (χ3v) is 4.62. The summed E-state index contributed by atoms with van der Waals surface area (Å²) in [6.07, 6.45) is 0. The van der Waals surface area contributed by atoms with E-state index in [1.54, 1.807) is 0 Å². The van der Waals surface area contributed by atoms with Gasteiger partial charge in [-0.15, -0.1) is 0 Å². The van der Waals surface area contributed by atoms with Crippen molar-refractivity contribution >= 4 is 22.7 Å². The molecular formula is C11H16N2O5S. The second-order valence-corrected chi connectivity index (χ2v) is 6.24. The summed E-state index contributed by atoms with van der Waals surface area (Å²) < 4.78 is 11.2. The molecule has 0 aliphatic carbocycles. The number of nitrogens with zero attached hydrogens (tertiary/aromatic N) is 2. The molecule has 0 spiro atoms. The van der Waals surface area contributed by atoms with E-state index in [4.69, 9.17) is 5.11 Å². The Morgan fingerprint density at radius 1 is 1.26 bits per heavy atom. The summed E-state index contributed by atoms with van der Waals surface area (Å²) in [4.78, 5) is 25.8. The number of carboxylic acids is 1. The molecule has 0 aromatic rings. The zero-order chi connectivity index (χ0) is 14.0. The summed E-state index contributed by atoms with van der Waals surface area (Å²) in [7, 11) is -0.739. The van der Waals surface area contributed by atoms with Crippen molar-refractivity contribution in [2.45, 2.75) is 0 Å². The van der Waals surface area contributed by atoms with Gasteiger partial charge in [0.05, 0.1) is 6.54 Å². The van der Waals surface area contributed by atoms with Crippen molar-refractivity contribution in [2.75, 3.05) is 44.2 Å². The third-order valence-electron chi connectivity index (χ3n) is 3.34. The Kier molecular flexibility index (Phi) is 4.20. The fraction of sp³-hybridized carbons (Fsp3) is 0.636. The first-order valence-corrected chi connectivity index (χ1v) is 7.50. The minimum Gasteiger partial charge on any atom is -0.503 e. The van der Waals surface area contributed by atoms with E-state index in [-0.39, 0.29) is 12.1 Å². The maximum atomic E-state index is 11.6. The topological polar surface area (TPSA) is 98.1 Å². The van der Waals surface area contributed by atoms with Crippen molar-refractivity contribution in [3.63, 3.8) is 0 Å². The second-order valence-electron chi connectivity index (χ2n) is 4.55. The summed E-state index contributed by atoms with van der Waals surface area (Å²) in [5.41, 5.74) is -0.246. The van der Waals surface area contributed by atoms with Crippen molar-refractivity contribution in [2.24, 2.45) is 0 Å². The summed E-state index contributed by atoms with van der Waals surface area (Å²) >= 11 is 0. The summed E-state index contributed by atoms with van der Waals surface area (Å²) in [5, 5.41) is 18.2. The predicted molar refractivity (Wildman–Crippen MR) is 68.2 cm³/mol. The van der Waals surface area contributed by atoms with E-state index in [0.29, 0.717) is 24.6 Å². The average Bonchev–Trinajstić information content (AvgIpc) is 2.66. The molecule has 2 N–H and O–H groups in total. The Bertz CT molecular complexity index is 452. The highest BCUT2D eigenvalue weighted by Crippen LogP contribution is 2.17. The molecule has 1 fully saturated rings. The standard InChI is InChI=1S/C11H16N2O5S/c14-9-8(11(16)17)7-13(10(9)15)2-1-12-3-5-19(18)6-4-12/h14H,1-7H2,(H,16,17). The van der Waals surface area contributed by atoms with Crippen molar-refractivity contribution < 1.29 is 24.0 Å². The van der Waals surface area contributed by atoms with Gasteiger partial charge in [0.15, 0.2) is 5.76 Å². The molecule has 0 bridgehead atoms. The van der Waals surface area contributed by atoms with Gasteiger partial charge in [0.25, 0.3) is 5.91 Å². The van der Waals surface area contributed by atoms with Crippen molar-refractivity contribution in [3.05, 3.63) is 11.3 Å². The van der Waals surface area contributed by atoms with Gasteiger partial charge in [-0.1, -0.05) is 0 Å². The predicted octanol–water partition coefficient (Wildman–Crippen LogP) is -1.21. The van der Waals surface area contributed by atoms with Gasteiger partial charge in [-0.05, 0) is 0 Å². The third kappa shape index (κ3) is 3.13. The number of hydrogen-bond donors (Lipinski definition) is 2. The molecule has 2 aliphatic heterocycles. The van der Waals surface area contributed by atoms with Gasteiger partial charge in [-0.2, -0.15) is 0 Å². The number of aliphatic hydroxyl groups is 1. The van der Waals surface area contributed by atoms with E-state index in [1.807, 2.05) is 0 Å². The fourth-order valence-electron chi connectivity index (χ4n) is 2.13. The molecule has 2 heterocycles. The maximum Gasteiger partial charge on any atom is 0.337 e. The van der Waals surface area contributed by atoms with Crippen LogP contribution in [-0.2, 0) is 20.4 Å². The molecule has 2 aliphatic rings. The zero-order valence-electron chi connectivity index (χ0n) is 10.4. The Morgan fingerprint density at radius 3 is 2.42 bits per heavy atom. The number of aliphatic carboxylic acids is 1. The molecule has 0 atom stereocenters. The van der Waals surface area contributed by atoms with E-state index in [0.717, 1.165) is 13.1 Å². The quantitative estimate of drug-likeness (QED) is 0.673. The SMILES string of the molecule is O=C(O)C1=C(O)C(=O)N(CCN2CCS(=O)CC2)C1. The smallest absolute Gasteiger partial charge is 0.337 e. The molecule has 0 saturated carbocycles. The first-order valence-electron chi connectivity index (χ1n) is 6.01. The first-order chi connectivity index (χ1) is 8.99. The first kappa shape index (κ1) is 14.0. The minimum absolute atomic E-state index is 0.0558. The van der Waals surface area contributed by atoms with Gasteiger partial charge in [0.2, 0.25) is 0 Å². The van der Waals surface area contributed by atoms with Crippen molar-refractivity contribution in [1.82, 2.24) is 9.80 Å². The largest absolute Gasteiger partial charge is 0.503 e. The number of carboxylic acid groups (broad SMARTS) is 1. The van der Waals surface area contributed by atoms with Gasteiger partial charge < -0.3 is 15.1 Å².